The van der Waals surface area contributed by atoms with Crippen LogP contribution in [0.25, 0.3) is 0 Å². The summed E-state index contributed by atoms with van der Waals surface area (Å²) in [6, 6.07) is 11.9. The number of aryl methyl sites for hydroxylation is 1. The number of alkyl halides is 3. The van der Waals surface area contributed by atoms with E-state index in [1.165, 1.54) is 12.1 Å². The molecule has 0 bridgehead atoms. The number of hydrazone groups is 1. The SMILES string of the molecule is CCOc1ccc(NC(=O)c2oc3c(c2C)/C(=N/Nc2cccc(C(F)(F)F)c2)CCC3)cc1. The number of rotatable bonds is 6. The van der Waals surface area contributed by atoms with Gasteiger partial charge in [0.2, 0.25) is 0 Å². The lowest BCUT2D eigenvalue weighted by Gasteiger charge is -2.14. The lowest BCUT2D eigenvalue weighted by Crippen LogP contribution is -2.14. The molecule has 34 heavy (non-hydrogen) atoms. The molecule has 0 saturated carbocycles. The van der Waals surface area contributed by atoms with Gasteiger partial charge in [-0.2, -0.15) is 18.3 Å². The minimum Gasteiger partial charge on any atom is -0.494 e. The van der Waals surface area contributed by atoms with Crippen LogP contribution in [0.15, 0.2) is 58.0 Å². The Balaban J connectivity index is 1.54. The number of hydrogen-bond donors (Lipinski definition) is 2. The van der Waals surface area contributed by atoms with Gasteiger partial charge < -0.3 is 14.5 Å². The molecule has 1 amide bonds. The number of hydrogen-bond acceptors (Lipinski definition) is 5. The van der Waals surface area contributed by atoms with Crippen molar-refractivity contribution in [2.75, 3.05) is 17.3 Å². The summed E-state index contributed by atoms with van der Waals surface area (Å²) >= 11 is 0. The van der Waals surface area contributed by atoms with Gasteiger partial charge in [-0.05, 0) is 69.2 Å². The molecule has 1 aliphatic rings. The van der Waals surface area contributed by atoms with Crippen LogP contribution in [-0.2, 0) is 12.6 Å². The Bertz CT molecular complexity index is 1210. The number of halogens is 3. The largest absolute Gasteiger partial charge is 0.494 e. The third kappa shape index (κ3) is 5.08. The molecule has 0 atom stereocenters. The fourth-order valence-corrected chi connectivity index (χ4v) is 3.88. The Labute approximate surface area is 194 Å². The first kappa shape index (κ1) is 23.4. The molecule has 9 heteroatoms. The Kier molecular flexibility index (Phi) is 6.63. The van der Waals surface area contributed by atoms with Crippen molar-refractivity contribution in [1.29, 1.82) is 0 Å². The molecular weight excluding hydrogens is 447 g/mol. The summed E-state index contributed by atoms with van der Waals surface area (Å²) in [7, 11) is 0. The maximum Gasteiger partial charge on any atom is 0.416 e. The standard InChI is InChI=1S/C25H24F3N3O3/c1-3-33-19-12-10-17(11-13-19)29-24(32)23-15(2)22-20(8-5-9-21(22)34-23)31-30-18-7-4-6-16(14-18)25(26,27)28/h4,6-7,10-14,30H,3,5,8-9H2,1-2H3,(H,29,32)/b31-20+. The zero-order chi connectivity index (χ0) is 24.3. The second-order valence-corrected chi connectivity index (χ2v) is 7.87. The Morgan fingerprint density at radius 1 is 1.12 bits per heavy atom. The number of benzene rings is 2. The minimum atomic E-state index is -4.43. The highest BCUT2D eigenvalue weighted by Gasteiger charge is 2.31. The van der Waals surface area contributed by atoms with Gasteiger partial charge in [0.1, 0.15) is 11.5 Å². The highest BCUT2D eigenvalue weighted by atomic mass is 19.4. The van der Waals surface area contributed by atoms with Crippen molar-refractivity contribution in [3.8, 4) is 5.75 Å². The normalized spacial score (nSPS) is 14.6. The van der Waals surface area contributed by atoms with Gasteiger partial charge in [0, 0.05) is 23.2 Å². The van der Waals surface area contributed by atoms with Gasteiger partial charge in [-0.3, -0.25) is 10.2 Å². The summed E-state index contributed by atoms with van der Waals surface area (Å²) in [5.74, 6) is 1.15. The Hall–Kier alpha value is -3.75. The molecule has 1 aromatic heterocycles. The number of fused-ring (bicyclic) bond motifs is 1. The summed E-state index contributed by atoms with van der Waals surface area (Å²) < 4.78 is 50.2. The maximum atomic E-state index is 13.0. The molecule has 0 spiro atoms. The van der Waals surface area contributed by atoms with Crippen molar-refractivity contribution in [3.63, 3.8) is 0 Å². The van der Waals surface area contributed by atoms with Crippen molar-refractivity contribution in [2.45, 2.75) is 39.3 Å². The van der Waals surface area contributed by atoms with E-state index in [4.69, 9.17) is 9.15 Å². The van der Waals surface area contributed by atoms with E-state index >= 15 is 0 Å². The van der Waals surface area contributed by atoms with Crippen molar-refractivity contribution >= 4 is 23.0 Å². The van der Waals surface area contributed by atoms with Crippen LogP contribution < -0.4 is 15.5 Å². The van der Waals surface area contributed by atoms with E-state index in [2.05, 4.69) is 15.8 Å². The molecule has 0 saturated heterocycles. The number of nitrogens with one attached hydrogen (secondary N) is 2. The van der Waals surface area contributed by atoms with Crippen LogP contribution in [0.5, 0.6) is 5.75 Å². The molecule has 3 aromatic rings. The van der Waals surface area contributed by atoms with E-state index in [0.29, 0.717) is 47.9 Å². The lowest BCUT2D eigenvalue weighted by atomic mass is 9.93. The third-order valence-corrected chi connectivity index (χ3v) is 5.46. The zero-order valence-electron chi connectivity index (χ0n) is 18.8. The van der Waals surface area contributed by atoms with Crippen LogP contribution in [0, 0.1) is 6.92 Å². The molecular formula is C25H24F3N3O3. The Morgan fingerprint density at radius 2 is 1.88 bits per heavy atom. The van der Waals surface area contributed by atoms with Gasteiger partial charge in [0.25, 0.3) is 5.91 Å². The molecule has 2 N–H and O–H groups in total. The van der Waals surface area contributed by atoms with Crippen LogP contribution in [0.1, 0.15) is 52.8 Å². The maximum absolute atomic E-state index is 13.0. The number of carbonyl (C=O) groups excluding carboxylic acids is 1. The predicted octanol–water partition coefficient (Wildman–Crippen LogP) is 6.41. The molecule has 0 fully saturated rings. The third-order valence-electron chi connectivity index (χ3n) is 5.46. The van der Waals surface area contributed by atoms with Gasteiger partial charge >= 0.3 is 6.18 Å². The van der Waals surface area contributed by atoms with E-state index in [0.717, 1.165) is 24.1 Å². The van der Waals surface area contributed by atoms with Crippen molar-refractivity contribution in [2.24, 2.45) is 5.10 Å². The summed E-state index contributed by atoms with van der Waals surface area (Å²) in [6.07, 6.45) is -2.42. The first-order valence-corrected chi connectivity index (χ1v) is 10.9. The van der Waals surface area contributed by atoms with Crippen molar-refractivity contribution in [3.05, 3.63) is 76.7 Å². The predicted molar refractivity (Wildman–Crippen MR) is 124 cm³/mol. The molecule has 6 nitrogen and oxygen atoms in total. The molecule has 0 unspecified atom stereocenters. The average Bonchev–Trinajstić information content (AvgIpc) is 3.16. The van der Waals surface area contributed by atoms with E-state index in [-0.39, 0.29) is 17.4 Å². The highest BCUT2D eigenvalue weighted by molar-refractivity contribution is 6.09. The summed E-state index contributed by atoms with van der Waals surface area (Å²) in [5.41, 5.74) is 4.80. The molecule has 4 rings (SSSR count). The van der Waals surface area contributed by atoms with Gasteiger partial charge in [-0.15, -0.1) is 0 Å². The average molecular weight is 471 g/mol. The molecule has 0 radical (unpaired) electrons. The molecule has 2 aromatic carbocycles. The van der Waals surface area contributed by atoms with E-state index in [9.17, 15) is 18.0 Å². The van der Waals surface area contributed by atoms with E-state index < -0.39 is 11.7 Å². The quantitative estimate of drug-likeness (QED) is 0.407. The fraction of sp³-hybridized carbons (Fsp3) is 0.280. The van der Waals surface area contributed by atoms with E-state index in [1.54, 1.807) is 31.2 Å². The van der Waals surface area contributed by atoms with Gasteiger partial charge in [0.05, 0.1) is 23.6 Å². The Morgan fingerprint density at radius 3 is 2.59 bits per heavy atom. The van der Waals surface area contributed by atoms with Crippen molar-refractivity contribution in [1.82, 2.24) is 0 Å². The second kappa shape index (κ2) is 9.62. The number of carbonyl (C=O) groups is 1. The number of ether oxygens (including phenoxy) is 1. The van der Waals surface area contributed by atoms with E-state index in [1.807, 2.05) is 6.92 Å². The number of nitrogens with zero attached hydrogens (tertiary/aromatic N) is 1. The van der Waals surface area contributed by atoms with Crippen LogP contribution in [0.2, 0.25) is 0 Å². The lowest BCUT2D eigenvalue weighted by molar-refractivity contribution is -0.137. The number of furan rings is 1. The monoisotopic (exact) mass is 471 g/mol. The molecule has 1 heterocycles. The second-order valence-electron chi connectivity index (χ2n) is 7.87. The van der Waals surface area contributed by atoms with Crippen molar-refractivity contribution < 1.29 is 27.1 Å². The fourth-order valence-electron chi connectivity index (χ4n) is 3.88. The van der Waals surface area contributed by atoms with Crippen LogP contribution in [0.4, 0.5) is 24.5 Å². The van der Waals surface area contributed by atoms with Gasteiger partial charge in [0.15, 0.2) is 5.76 Å². The van der Waals surface area contributed by atoms with Crippen LogP contribution in [0.3, 0.4) is 0 Å². The summed E-state index contributed by atoms with van der Waals surface area (Å²) in [6.45, 7) is 4.22. The zero-order valence-corrected chi connectivity index (χ0v) is 18.8. The number of anilines is 2. The molecule has 1 aliphatic carbocycles. The molecule has 178 valence electrons. The topological polar surface area (TPSA) is 75.9 Å². The minimum absolute atomic E-state index is 0.188. The molecule has 0 aliphatic heterocycles. The first-order chi connectivity index (χ1) is 16.3. The van der Waals surface area contributed by atoms with Gasteiger partial charge in [-0.25, -0.2) is 0 Å². The summed E-state index contributed by atoms with van der Waals surface area (Å²) in [4.78, 5) is 12.9. The smallest absolute Gasteiger partial charge is 0.416 e. The summed E-state index contributed by atoms with van der Waals surface area (Å²) in [5, 5.41) is 7.18. The van der Waals surface area contributed by atoms with Crippen LogP contribution in [-0.4, -0.2) is 18.2 Å². The first-order valence-electron chi connectivity index (χ1n) is 10.9. The van der Waals surface area contributed by atoms with Gasteiger partial charge in [-0.1, -0.05) is 6.07 Å². The van der Waals surface area contributed by atoms with Crippen LogP contribution >= 0.6 is 0 Å². The highest BCUT2D eigenvalue weighted by Crippen LogP contribution is 2.32. The number of amides is 1.